The molecular formula is C16H26N2O2. The van der Waals surface area contributed by atoms with Gasteiger partial charge in [-0.2, -0.15) is 0 Å². The van der Waals surface area contributed by atoms with Crippen LogP contribution in [0.15, 0.2) is 24.3 Å². The second kappa shape index (κ2) is 8.59. The van der Waals surface area contributed by atoms with E-state index in [0.717, 1.165) is 11.4 Å². The second-order valence-corrected chi connectivity index (χ2v) is 5.61. The van der Waals surface area contributed by atoms with E-state index < -0.39 is 0 Å². The molecule has 2 N–H and O–H groups in total. The summed E-state index contributed by atoms with van der Waals surface area (Å²) in [7, 11) is 0. The number of carbonyl (C=O) groups is 1. The van der Waals surface area contributed by atoms with Crippen LogP contribution in [-0.4, -0.2) is 25.1 Å². The highest BCUT2D eigenvalue weighted by atomic mass is 16.5. The first-order chi connectivity index (χ1) is 9.49. The molecule has 0 aliphatic heterocycles. The van der Waals surface area contributed by atoms with Gasteiger partial charge in [-0.3, -0.25) is 4.79 Å². The minimum absolute atomic E-state index is 0.00116. The van der Waals surface area contributed by atoms with Gasteiger partial charge in [-0.15, -0.1) is 0 Å². The van der Waals surface area contributed by atoms with Gasteiger partial charge in [-0.05, 0) is 18.1 Å². The van der Waals surface area contributed by atoms with Crippen LogP contribution in [0.2, 0.25) is 0 Å². The number of amides is 1. The third-order valence-electron chi connectivity index (χ3n) is 2.64. The van der Waals surface area contributed by atoms with Crippen molar-refractivity contribution >= 4 is 11.6 Å². The van der Waals surface area contributed by atoms with Gasteiger partial charge in [0.2, 0.25) is 5.91 Å². The van der Waals surface area contributed by atoms with Gasteiger partial charge < -0.3 is 15.4 Å². The third kappa shape index (κ3) is 6.57. The van der Waals surface area contributed by atoms with E-state index >= 15 is 0 Å². The molecule has 112 valence electrons. The van der Waals surface area contributed by atoms with E-state index in [2.05, 4.69) is 38.3 Å². The van der Waals surface area contributed by atoms with Gasteiger partial charge in [0.1, 0.15) is 5.75 Å². The van der Waals surface area contributed by atoms with Gasteiger partial charge in [0.05, 0.1) is 12.3 Å². The summed E-state index contributed by atoms with van der Waals surface area (Å²) < 4.78 is 5.71. The predicted molar refractivity (Wildman–Crippen MR) is 83.2 cm³/mol. The van der Waals surface area contributed by atoms with E-state index in [-0.39, 0.29) is 5.91 Å². The first-order valence-electron chi connectivity index (χ1n) is 7.24. The lowest BCUT2D eigenvalue weighted by Gasteiger charge is -2.14. The number of ether oxygens (including phenoxy) is 1. The number of benzene rings is 1. The molecule has 4 heteroatoms. The zero-order valence-electron chi connectivity index (χ0n) is 12.9. The van der Waals surface area contributed by atoms with Crippen molar-refractivity contribution in [2.24, 2.45) is 5.92 Å². The Morgan fingerprint density at radius 2 is 1.90 bits per heavy atom. The Labute approximate surface area is 121 Å². The minimum atomic E-state index is -0.00116. The molecule has 0 unspecified atom stereocenters. The Hall–Kier alpha value is -1.55. The molecule has 0 spiro atoms. The summed E-state index contributed by atoms with van der Waals surface area (Å²) in [6.45, 7) is 9.64. The molecule has 1 aromatic rings. The molecule has 0 saturated heterocycles. The van der Waals surface area contributed by atoms with Crippen molar-refractivity contribution < 1.29 is 9.53 Å². The van der Waals surface area contributed by atoms with Crippen LogP contribution in [0, 0.1) is 5.92 Å². The summed E-state index contributed by atoms with van der Waals surface area (Å²) in [5, 5.41) is 6.13. The molecule has 0 aliphatic carbocycles. The Kier molecular flexibility index (Phi) is 7.09. The van der Waals surface area contributed by atoms with Gasteiger partial charge in [-0.1, -0.05) is 39.8 Å². The first-order valence-corrected chi connectivity index (χ1v) is 7.24. The van der Waals surface area contributed by atoms with Crippen molar-refractivity contribution in [3.05, 3.63) is 24.3 Å². The van der Waals surface area contributed by atoms with Crippen molar-refractivity contribution in [3.63, 3.8) is 0 Å². The Morgan fingerprint density at radius 3 is 2.55 bits per heavy atom. The molecule has 1 amide bonds. The lowest BCUT2D eigenvalue weighted by Crippen LogP contribution is -2.27. The third-order valence-corrected chi connectivity index (χ3v) is 2.64. The Bertz CT molecular complexity index is 417. The minimum Gasteiger partial charge on any atom is -0.491 e. The van der Waals surface area contributed by atoms with Gasteiger partial charge in [0, 0.05) is 19.0 Å². The molecule has 1 aromatic carbocycles. The summed E-state index contributed by atoms with van der Waals surface area (Å²) >= 11 is 0. The largest absolute Gasteiger partial charge is 0.491 e. The van der Waals surface area contributed by atoms with E-state index in [4.69, 9.17) is 4.74 Å². The van der Waals surface area contributed by atoms with Crippen molar-refractivity contribution in [2.75, 3.05) is 18.5 Å². The van der Waals surface area contributed by atoms with Crippen LogP contribution < -0.4 is 15.4 Å². The molecule has 0 fully saturated rings. The maximum Gasteiger partial charge on any atom is 0.225 e. The van der Waals surface area contributed by atoms with Gasteiger partial charge in [-0.25, -0.2) is 0 Å². The number of anilines is 1. The molecule has 0 radical (unpaired) electrons. The average Bonchev–Trinajstić information content (AvgIpc) is 2.37. The maximum absolute atomic E-state index is 11.9. The van der Waals surface area contributed by atoms with Crippen LogP contribution in [-0.2, 0) is 4.79 Å². The monoisotopic (exact) mass is 278 g/mol. The molecule has 0 atom stereocenters. The molecule has 0 saturated carbocycles. The highest BCUT2D eigenvalue weighted by molar-refractivity contribution is 5.92. The normalized spacial score (nSPS) is 10.9. The number of hydrogen-bond donors (Lipinski definition) is 2. The fourth-order valence-corrected chi connectivity index (χ4v) is 1.64. The number of rotatable bonds is 8. The van der Waals surface area contributed by atoms with E-state index in [0.29, 0.717) is 31.5 Å². The average molecular weight is 278 g/mol. The molecule has 0 bridgehead atoms. The Morgan fingerprint density at radius 1 is 1.20 bits per heavy atom. The van der Waals surface area contributed by atoms with Crippen molar-refractivity contribution in [3.8, 4) is 5.75 Å². The van der Waals surface area contributed by atoms with E-state index in [1.165, 1.54) is 0 Å². The lowest BCUT2D eigenvalue weighted by atomic mass is 10.2. The summed E-state index contributed by atoms with van der Waals surface area (Å²) in [5.41, 5.74) is 0.739. The summed E-state index contributed by atoms with van der Waals surface area (Å²) in [6.07, 6.45) is 0.455. The lowest BCUT2D eigenvalue weighted by molar-refractivity contribution is -0.116. The Balaban J connectivity index is 2.51. The summed E-state index contributed by atoms with van der Waals surface area (Å²) in [4.78, 5) is 11.9. The van der Waals surface area contributed by atoms with E-state index in [1.807, 2.05) is 24.3 Å². The first kappa shape index (κ1) is 16.5. The molecule has 0 aromatic heterocycles. The summed E-state index contributed by atoms with van der Waals surface area (Å²) in [5.74, 6) is 1.18. The molecule has 0 aliphatic rings. The molecule has 20 heavy (non-hydrogen) atoms. The van der Waals surface area contributed by atoms with Crippen molar-refractivity contribution in [1.82, 2.24) is 5.32 Å². The van der Waals surface area contributed by atoms with Crippen LogP contribution in [0.25, 0.3) is 0 Å². The highest BCUT2D eigenvalue weighted by Crippen LogP contribution is 2.24. The number of para-hydroxylation sites is 2. The van der Waals surface area contributed by atoms with Gasteiger partial charge >= 0.3 is 0 Å². The topological polar surface area (TPSA) is 50.4 Å². The van der Waals surface area contributed by atoms with Gasteiger partial charge in [0.25, 0.3) is 0 Å². The van der Waals surface area contributed by atoms with E-state index in [1.54, 1.807) is 0 Å². The number of carbonyl (C=O) groups excluding carboxylic acids is 1. The van der Waals surface area contributed by atoms with Gasteiger partial charge in [0.15, 0.2) is 0 Å². The number of nitrogens with one attached hydrogen (secondary N) is 2. The predicted octanol–water partition coefficient (Wildman–Crippen LogP) is 3.05. The summed E-state index contributed by atoms with van der Waals surface area (Å²) in [6, 6.07) is 7.94. The molecule has 0 heterocycles. The molecule has 1 rings (SSSR count). The van der Waals surface area contributed by atoms with E-state index in [9.17, 15) is 4.79 Å². The van der Waals surface area contributed by atoms with Crippen LogP contribution in [0.3, 0.4) is 0 Å². The number of hydrogen-bond acceptors (Lipinski definition) is 3. The smallest absolute Gasteiger partial charge is 0.225 e. The zero-order chi connectivity index (χ0) is 15.0. The maximum atomic E-state index is 11.9. The standard InChI is InChI=1S/C16H26N2O2/c1-12(2)11-20-15-8-6-5-7-14(15)18-16(19)9-10-17-13(3)4/h5-8,12-13,17H,9-11H2,1-4H3,(H,18,19). The highest BCUT2D eigenvalue weighted by Gasteiger charge is 2.08. The fourth-order valence-electron chi connectivity index (χ4n) is 1.64. The van der Waals surface area contributed by atoms with Crippen LogP contribution in [0.1, 0.15) is 34.1 Å². The fraction of sp³-hybridized carbons (Fsp3) is 0.562. The quantitative estimate of drug-likeness (QED) is 0.768. The SMILES string of the molecule is CC(C)COc1ccccc1NC(=O)CCNC(C)C. The van der Waals surface area contributed by atoms with Crippen LogP contribution in [0.5, 0.6) is 5.75 Å². The molecule has 4 nitrogen and oxygen atoms in total. The zero-order valence-corrected chi connectivity index (χ0v) is 12.9. The van der Waals surface area contributed by atoms with Crippen molar-refractivity contribution in [2.45, 2.75) is 40.2 Å². The molecular weight excluding hydrogens is 252 g/mol. The second-order valence-electron chi connectivity index (χ2n) is 5.61. The van der Waals surface area contributed by atoms with Crippen molar-refractivity contribution in [1.29, 1.82) is 0 Å². The van der Waals surface area contributed by atoms with Crippen LogP contribution in [0.4, 0.5) is 5.69 Å². The van der Waals surface area contributed by atoms with Crippen LogP contribution >= 0.6 is 0 Å².